The van der Waals surface area contributed by atoms with Gasteiger partial charge < -0.3 is 4.90 Å². The van der Waals surface area contributed by atoms with Crippen molar-refractivity contribution in [2.75, 3.05) is 13.2 Å². The lowest BCUT2D eigenvalue weighted by Gasteiger charge is -2.04. The smallest absolute Gasteiger partial charge is 0.280 e. The van der Waals surface area contributed by atoms with Gasteiger partial charge in [0.2, 0.25) is 0 Å². The molecule has 3 nitrogen and oxygen atoms in total. The van der Waals surface area contributed by atoms with E-state index in [0.29, 0.717) is 0 Å². The molecule has 0 aromatic carbocycles. The molecule has 0 unspecified atom stereocenters. The van der Waals surface area contributed by atoms with Gasteiger partial charge in [-0.3, -0.25) is 4.79 Å². The van der Waals surface area contributed by atoms with Gasteiger partial charge in [-0.05, 0) is 0 Å². The molecule has 3 radical (unpaired) electrons. The molecular weight excluding hydrogens is 123 g/mol. The summed E-state index contributed by atoms with van der Waals surface area (Å²) >= 11 is 0. The molecule has 0 aliphatic carbocycles. The number of nitrogens with zero attached hydrogens (tertiary/aromatic N) is 2. The van der Waals surface area contributed by atoms with Gasteiger partial charge in [0, 0.05) is 6.54 Å². The van der Waals surface area contributed by atoms with Crippen molar-refractivity contribution in [2.45, 2.75) is 0 Å². The molecule has 0 aromatic heterocycles. The van der Waals surface area contributed by atoms with E-state index >= 15 is 0 Å². The Morgan fingerprint density at radius 1 is 1.78 bits per heavy atom. The Kier molecular flexibility index (Phi) is 1.77. The van der Waals surface area contributed by atoms with Crippen molar-refractivity contribution in [3.05, 3.63) is 6.54 Å². The second kappa shape index (κ2) is 2.57. The van der Waals surface area contributed by atoms with Gasteiger partial charge >= 0.3 is 0 Å². The van der Waals surface area contributed by atoms with E-state index in [-0.39, 0.29) is 6.54 Å². The number of rotatable bonds is 2. The molecule has 0 saturated heterocycles. The van der Waals surface area contributed by atoms with Crippen LogP contribution in [-0.2, 0) is 4.79 Å². The summed E-state index contributed by atoms with van der Waals surface area (Å²) in [7, 11) is 0. The topological polar surface area (TPSA) is 32.7 Å². The quantitative estimate of drug-likeness (QED) is 0.512. The highest BCUT2D eigenvalue weighted by atomic mass is 19.1. The summed E-state index contributed by atoms with van der Waals surface area (Å²) in [5, 5.41) is 0. The molecule has 1 rings (SSSR count). The molecule has 0 saturated carbocycles. The molecular formula is C5H4FN2O. The van der Waals surface area contributed by atoms with Gasteiger partial charge in [-0.25, -0.2) is 4.39 Å². The van der Waals surface area contributed by atoms with Gasteiger partial charge in [-0.1, -0.05) is 0 Å². The monoisotopic (exact) mass is 127 g/mol. The maximum atomic E-state index is 11.5. The lowest BCUT2D eigenvalue weighted by molar-refractivity contribution is -0.115. The van der Waals surface area contributed by atoms with Crippen molar-refractivity contribution in [2.24, 2.45) is 4.99 Å². The minimum Gasteiger partial charge on any atom is -0.331 e. The van der Waals surface area contributed by atoms with E-state index in [2.05, 4.69) is 17.9 Å². The average molecular weight is 127 g/mol. The maximum absolute atomic E-state index is 11.5. The number of carbonyl (C=O) groups is 1. The fraction of sp³-hybridized carbons (Fsp3) is 0.400. The van der Waals surface area contributed by atoms with E-state index in [1.54, 1.807) is 0 Å². The van der Waals surface area contributed by atoms with E-state index in [1.165, 1.54) is 4.90 Å². The Balaban J connectivity index is 2.32. The SMILES string of the molecule is O=C1[C]N(CCF)[C]=N1. The zero-order valence-electron chi connectivity index (χ0n) is 4.59. The van der Waals surface area contributed by atoms with E-state index in [9.17, 15) is 9.18 Å². The molecule has 1 amide bonds. The number of hydrogen-bond donors (Lipinski definition) is 0. The van der Waals surface area contributed by atoms with Crippen LogP contribution in [0.25, 0.3) is 0 Å². The van der Waals surface area contributed by atoms with Crippen molar-refractivity contribution < 1.29 is 9.18 Å². The third kappa shape index (κ3) is 1.48. The number of alkyl halides is 1. The van der Waals surface area contributed by atoms with E-state index in [4.69, 9.17) is 0 Å². The average Bonchev–Trinajstić information content (AvgIpc) is 2.17. The highest BCUT2D eigenvalue weighted by Gasteiger charge is 2.15. The second-order valence-corrected chi connectivity index (χ2v) is 1.47. The van der Waals surface area contributed by atoms with Crippen LogP contribution in [0.2, 0.25) is 0 Å². The number of carbonyl (C=O) groups excluding carboxylic acids is 1. The fourth-order valence-electron chi connectivity index (χ4n) is 0.462. The van der Waals surface area contributed by atoms with Crippen LogP contribution >= 0.6 is 0 Å². The van der Waals surface area contributed by atoms with E-state index in [0.717, 1.165) is 0 Å². The minimum absolute atomic E-state index is 0.106. The van der Waals surface area contributed by atoms with Gasteiger partial charge in [-0.15, -0.1) is 0 Å². The number of hydrogen-bond acceptors (Lipinski definition) is 2. The summed E-state index contributed by atoms with van der Waals surface area (Å²) in [4.78, 5) is 14.6. The first-order valence-electron chi connectivity index (χ1n) is 2.43. The van der Waals surface area contributed by atoms with Crippen molar-refractivity contribution in [1.82, 2.24) is 4.90 Å². The Morgan fingerprint density at radius 3 is 3.00 bits per heavy atom. The summed E-state index contributed by atoms with van der Waals surface area (Å²) in [5.41, 5.74) is 0. The van der Waals surface area contributed by atoms with Crippen LogP contribution in [0, 0.1) is 6.54 Å². The molecule has 0 spiro atoms. The fourth-order valence-corrected chi connectivity index (χ4v) is 0.462. The Labute approximate surface area is 52.2 Å². The first kappa shape index (κ1) is 6.19. The summed E-state index contributed by atoms with van der Waals surface area (Å²) in [6, 6.07) is 0. The molecule has 0 fully saturated rings. The number of amides is 1. The lowest BCUT2D eigenvalue weighted by Crippen LogP contribution is -2.18. The maximum Gasteiger partial charge on any atom is 0.280 e. The van der Waals surface area contributed by atoms with Crippen LogP contribution in [0.3, 0.4) is 0 Å². The van der Waals surface area contributed by atoms with Gasteiger partial charge in [-0.2, -0.15) is 4.99 Å². The third-order valence-corrected chi connectivity index (χ3v) is 0.811. The summed E-state index contributed by atoms with van der Waals surface area (Å²) < 4.78 is 11.5. The van der Waals surface area contributed by atoms with E-state index < -0.39 is 12.6 Å². The minimum atomic E-state index is -0.525. The van der Waals surface area contributed by atoms with Gasteiger partial charge in [0.15, 0.2) is 12.9 Å². The van der Waals surface area contributed by atoms with Crippen LogP contribution < -0.4 is 0 Å². The normalized spacial score (nSPS) is 17.4. The Hall–Kier alpha value is -0.930. The zero-order chi connectivity index (χ0) is 6.69. The predicted octanol–water partition coefficient (Wildman–Crippen LogP) is -0.258. The van der Waals surface area contributed by atoms with Crippen molar-refractivity contribution in [3.8, 4) is 0 Å². The molecule has 9 heavy (non-hydrogen) atoms. The number of halogens is 1. The second-order valence-electron chi connectivity index (χ2n) is 1.47. The predicted molar refractivity (Wildman–Crippen MR) is 28.4 cm³/mol. The Bertz CT molecular complexity index is 146. The van der Waals surface area contributed by atoms with E-state index in [1.807, 2.05) is 0 Å². The molecule has 1 aliphatic heterocycles. The summed E-state index contributed by atoms with van der Waals surface area (Å²) in [6.07, 6.45) is 2.26. The summed E-state index contributed by atoms with van der Waals surface area (Å²) in [6.45, 7) is 1.81. The molecule has 4 heteroatoms. The molecule has 0 atom stereocenters. The van der Waals surface area contributed by atoms with Crippen LogP contribution in [0.15, 0.2) is 4.99 Å². The van der Waals surface area contributed by atoms with Gasteiger partial charge in [0.25, 0.3) is 5.91 Å². The molecule has 0 N–H and O–H groups in total. The lowest BCUT2D eigenvalue weighted by atomic mass is 10.5. The van der Waals surface area contributed by atoms with Crippen molar-refractivity contribution >= 4 is 12.2 Å². The van der Waals surface area contributed by atoms with Crippen molar-refractivity contribution in [3.63, 3.8) is 0 Å². The highest BCUT2D eigenvalue weighted by molar-refractivity contribution is 5.97. The zero-order valence-corrected chi connectivity index (χ0v) is 4.59. The first-order chi connectivity index (χ1) is 4.33. The van der Waals surface area contributed by atoms with Gasteiger partial charge in [0.1, 0.15) is 6.67 Å². The molecule has 47 valence electrons. The summed E-state index contributed by atoms with van der Waals surface area (Å²) in [5.74, 6) is -0.497. The van der Waals surface area contributed by atoms with Crippen molar-refractivity contribution in [1.29, 1.82) is 0 Å². The van der Waals surface area contributed by atoms with Crippen LogP contribution in [0.5, 0.6) is 0 Å². The highest BCUT2D eigenvalue weighted by Crippen LogP contribution is 1.98. The van der Waals surface area contributed by atoms with Crippen LogP contribution in [-0.4, -0.2) is 30.4 Å². The largest absolute Gasteiger partial charge is 0.331 e. The van der Waals surface area contributed by atoms with Crippen LogP contribution in [0.4, 0.5) is 4.39 Å². The third-order valence-electron chi connectivity index (χ3n) is 0.811. The standard InChI is InChI=1S/C5H4FN2O/c6-1-2-8-3-5(9)7-4-8/h1-2H2. The Morgan fingerprint density at radius 2 is 2.56 bits per heavy atom. The number of aliphatic imine (C=N–C) groups is 1. The van der Waals surface area contributed by atoms with Gasteiger partial charge in [0.05, 0.1) is 0 Å². The molecule has 1 heterocycles. The first-order valence-corrected chi connectivity index (χ1v) is 2.43. The van der Waals surface area contributed by atoms with Crippen LogP contribution in [0.1, 0.15) is 0 Å². The molecule has 1 aliphatic rings. The molecule has 0 aromatic rings. The molecule has 0 bridgehead atoms.